The molecule has 2 nitrogen and oxygen atoms in total. The smallest absolute Gasteiger partial charge is 0.0664 e. The van der Waals surface area contributed by atoms with Gasteiger partial charge in [-0.1, -0.05) is 110 Å². The molecule has 1 unspecified atom stereocenters. The summed E-state index contributed by atoms with van der Waals surface area (Å²) in [4.78, 5) is 0. The van der Waals surface area contributed by atoms with Gasteiger partial charge in [-0.25, -0.2) is 0 Å². The van der Waals surface area contributed by atoms with E-state index >= 15 is 0 Å². The second-order valence-electron chi connectivity index (χ2n) is 7.60. The highest BCUT2D eigenvalue weighted by Gasteiger charge is 2.02. The summed E-state index contributed by atoms with van der Waals surface area (Å²) in [6.07, 6.45) is 22.8. The summed E-state index contributed by atoms with van der Waals surface area (Å²) in [6.45, 7) is 6.31. The molecule has 0 fully saturated rings. The molecule has 0 spiro atoms. The van der Waals surface area contributed by atoms with Gasteiger partial charge >= 0.3 is 0 Å². The second kappa shape index (κ2) is 21.0. The molecule has 2 heteroatoms. The van der Waals surface area contributed by atoms with Crippen LogP contribution in [0.5, 0.6) is 0 Å². The van der Waals surface area contributed by atoms with E-state index in [0.29, 0.717) is 0 Å². The first kappa shape index (κ1) is 23.9. The highest BCUT2D eigenvalue weighted by Crippen LogP contribution is 2.13. The summed E-state index contributed by atoms with van der Waals surface area (Å²) >= 11 is 0. The molecule has 0 bridgehead atoms. The molecular weight excluding hydrogens is 294 g/mol. The minimum Gasteiger partial charge on any atom is -0.392 e. The second-order valence-corrected chi connectivity index (χ2v) is 7.60. The van der Waals surface area contributed by atoms with Crippen LogP contribution in [0.25, 0.3) is 0 Å². The van der Waals surface area contributed by atoms with Crippen LogP contribution in [0.2, 0.25) is 0 Å². The van der Waals surface area contributed by atoms with Crippen molar-refractivity contribution in [2.24, 2.45) is 0 Å². The van der Waals surface area contributed by atoms with Gasteiger partial charge in [0.15, 0.2) is 0 Å². The summed E-state index contributed by atoms with van der Waals surface area (Å²) in [5.41, 5.74) is 0. The number of hydrogen-bond acceptors (Lipinski definition) is 2. The van der Waals surface area contributed by atoms with Gasteiger partial charge in [-0.05, 0) is 19.4 Å². The average Bonchev–Trinajstić information content (AvgIpc) is 2.59. The van der Waals surface area contributed by atoms with E-state index in [1.165, 1.54) is 103 Å². The molecule has 0 rings (SSSR count). The van der Waals surface area contributed by atoms with Crippen molar-refractivity contribution in [1.82, 2.24) is 5.32 Å². The monoisotopic (exact) mass is 341 g/mol. The van der Waals surface area contributed by atoms with Crippen molar-refractivity contribution < 1.29 is 5.11 Å². The Morgan fingerprint density at radius 2 is 1.00 bits per heavy atom. The van der Waals surface area contributed by atoms with E-state index in [-0.39, 0.29) is 6.10 Å². The van der Waals surface area contributed by atoms with E-state index in [4.69, 9.17) is 0 Å². The molecule has 0 aliphatic heterocycles. The lowest BCUT2D eigenvalue weighted by Crippen LogP contribution is -2.27. The van der Waals surface area contributed by atoms with Crippen LogP contribution in [-0.4, -0.2) is 24.3 Å². The SMILES string of the molecule is CCCCCCCCCCCCCCCCC(O)CNCCCC. The van der Waals surface area contributed by atoms with Gasteiger partial charge in [0.2, 0.25) is 0 Å². The van der Waals surface area contributed by atoms with Crippen LogP contribution < -0.4 is 5.32 Å². The van der Waals surface area contributed by atoms with Gasteiger partial charge in [0.25, 0.3) is 0 Å². The van der Waals surface area contributed by atoms with Crippen molar-refractivity contribution in [3.63, 3.8) is 0 Å². The zero-order valence-corrected chi connectivity index (χ0v) is 17.0. The van der Waals surface area contributed by atoms with Crippen LogP contribution in [0.1, 0.15) is 123 Å². The zero-order valence-electron chi connectivity index (χ0n) is 17.0. The lowest BCUT2D eigenvalue weighted by Gasteiger charge is -2.11. The highest BCUT2D eigenvalue weighted by molar-refractivity contribution is 4.60. The van der Waals surface area contributed by atoms with Crippen LogP contribution in [0.15, 0.2) is 0 Å². The largest absolute Gasteiger partial charge is 0.392 e. The van der Waals surface area contributed by atoms with Gasteiger partial charge in [0, 0.05) is 6.54 Å². The molecule has 0 aliphatic carbocycles. The zero-order chi connectivity index (χ0) is 17.7. The molecule has 0 aliphatic rings. The summed E-state index contributed by atoms with van der Waals surface area (Å²) in [5.74, 6) is 0. The summed E-state index contributed by atoms with van der Waals surface area (Å²) in [6, 6.07) is 0. The topological polar surface area (TPSA) is 32.3 Å². The van der Waals surface area contributed by atoms with E-state index in [1.807, 2.05) is 0 Å². The van der Waals surface area contributed by atoms with Crippen molar-refractivity contribution in [3.8, 4) is 0 Å². The standard InChI is InChI=1S/C22H47NO/c1-3-5-7-8-9-10-11-12-13-14-15-16-17-18-19-22(24)21-23-20-6-4-2/h22-24H,3-21H2,1-2H3. The van der Waals surface area contributed by atoms with Gasteiger partial charge in [-0.2, -0.15) is 0 Å². The quantitative estimate of drug-likeness (QED) is 0.244. The molecule has 0 aromatic carbocycles. The van der Waals surface area contributed by atoms with Crippen molar-refractivity contribution >= 4 is 0 Å². The van der Waals surface area contributed by atoms with Gasteiger partial charge in [-0.3, -0.25) is 0 Å². The third-order valence-electron chi connectivity index (χ3n) is 4.98. The van der Waals surface area contributed by atoms with Crippen molar-refractivity contribution in [3.05, 3.63) is 0 Å². The number of rotatable bonds is 20. The van der Waals surface area contributed by atoms with Crippen molar-refractivity contribution in [1.29, 1.82) is 0 Å². The molecule has 0 saturated heterocycles. The fraction of sp³-hybridized carbons (Fsp3) is 1.00. The molecule has 0 aromatic rings. The molecular formula is C22H47NO. The number of hydrogen-bond donors (Lipinski definition) is 2. The number of unbranched alkanes of at least 4 members (excludes halogenated alkanes) is 14. The summed E-state index contributed by atoms with van der Waals surface area (Å²) < 4.78 is 0. The fourth-order valence-corrected chi connectivity index (χ4v) is 3.25. The minimum absolute atomic E-state index is 0.140. The predicted molar refractivity (Wildman–Crippen MR) is 109 cm³/mol. The third kappa shape index (κ3) is 20.0. The first-order valence-corrected chi connectivity index (χ1v) is 11.2. The van der Waals surface area contributed by atoms with Gasteiger partial charge in [0.05, 0.1) is 6.10 Å². The molecule has 0 amide bonds. The Balaban J connectivity index is 3.06. The van der Waals surface area contributed by atoms with Crippen LogP contribution >= 0.6 is 0 Å². The van der Waals surface area contributed by atoms with Crippen molar-refractivity contribution in [2.45, 2.75) is 129 Å². The van der Waals surface area contributed by atoms with E-state index in [0.717, 1.165) is 19.5 Å². The Morgan fingerprint density at radius 1 is 0.583 bits per heavy atom. The number of nitrogens with one attached hydrogen (secondary N) is 1. The molecule has 0 aromatic heterocycles. The van der Waals surface area contributed by atoms with Gasteiger partial charge in [-0.15, -0.1) is 0 Å². The van der Waals surface area contributed by atoms with Crippen molar-refractivity contribution in [2.75, 3.05) is 13.1 Å². The van der Waals surface area contributed by atoms with Gasteiger partial charge in [0.1, 0.15) is 0 Å². The molecule has 24 heavy (non-hydrogen) atoms. The minimum atomic E-state index is -0.140. The van der Waals surface area contributed by atoms with E-state index in [9.17, 15) is 5.11 Å². The van der Waals surface area contributed by atoms with E-state index in [2.05, 4.69) is 19.2 Å². The Labute approximate surface area is 153 Å². The summed E-state index contributed by atoms with van der Waals surface area (Å²) in [5, 5.41) is 13.2. The number of aliphatic hydroxyl groups is 1. The predicted octanol–water partition coefficient (Wildman–Crippen LogP) is 6.61. The van der Waals surface area contributed by atoms with E-state index in [1.54, 1.807) is 0 Å². The maximum Gasteiger partial charge on any atom is 0.0664 e. The fourth-order valence-electron chi connectivity index (χ4n) is 3.25. The first-order valence-electron chi connectivity index (χ1n) is 11.2. The Hall–Kier alpha value is -0.0800. The maximum absolute atomic E-state index is 9.88. The van der Waals surface area contributed by atoms with Crippen LogP contribution in [0.4, 0.5) is 0 Å². The Morgan fingerprint density at radius 3 is 1.46 bits per heavy atom. The molecule has 2 N–H and O–H groups in total. The Bertz CT molecular complexity index is 220. The number of aliphatic hydroxyl groups excluding tert-OH is 1. The van der Waals surface area contributed by atoms with Crippen LogP contribution in [-0.2, 0) is 0 Å². The molecule has 0 saturated carbocycles. The molecule has 0 radical (unpaired) electrons. The van der Waals surface area contributed by atoms with Crippen LogP contribution in [0.3, 0.4) is 0 Å². The Kier molecular flexibility index (Phi) is 20.9. The lowest BCUT2D eigenvalue weighted by atomic mass is 10.0. The molecule has 0 heterocycles. The lowest BCUT2D eigenvalue weighted by molar-refractivity contribution is 0.158. The first-order chi connectivity index (χ1) is 11.8. The van der Waals surface area contributed by atoms with Crippen LogP contribution in [0, 0.1) is 0 Å². The summed E-state index contributed by atoms with van der Waals surface area (Å²) in [7, 11) is 0. The highest BCUT2D eigenvalue weighted by atomic mass is 16.3. The van der Waals surface area contributed by atoms with Gasteiger partial charge < -0.3 is 10.4 Å². The molecule has 146 valence electrons. The average molecular weight is 342 g/mol. The molecule has 1 atom stereocenters. The normalized spacial score (nSPS) is 12.6. The third-order valence-corrected chi connectivity index (χ3v) is 4.98. The van der Waals surface area contributed by atoms with E-state index < -0.39 is 0 Å². The maximum atomic E-state index is 9.88.